The van der Waals surface area contributed by atoms with E-state index in [4.69, 9.17) is 4.74 Å². The van der Waals surface area contributed by atoms with E-state index in [2.05, 4.69) is 26.4 Å². The lowest BCUT2D eigenvalue weighted by atomic mass is 10.1. The van der Waals surface area contributed by atoms with E-state index in [1.165, 1.54) is 0 Å². The van der Waals surface area contributed by atoms with E-state index < -0.39 is 10.8 Å². The van der Waals surface area contributed by atoms with E-state index >= 15 is 0 Å². The minimum absolute atomic E-state index is 0.633. The third kappa shape index (κ3) is 4.29. The van der Waals surface area contributed by atoms with Crippen molar-refractivity contribution in [3.05, 3.63) is 60.9 Å². The van der Waals surface area contributed by atoms with Crippen LogP contribution in [0.25, 0.3) is 22.2 Å². The summed E-state index contributed by atoms with van der Waals surface area (Å²) in [6, 6.07) is 15.8. The van der Waals surface area contributed by atoms with Crippen molar-refractivity contribution < 1.29 is 8.95 Å². The molecule has 30 heavy (non-hydrogen) atoms. The van der Waals surface area contributed by atoms with Crippen LogP contribution in [0.5, 0.6) is 11.5 Å². The number of H-pyrrole nitrogens is 1. The summed E-state index contributed by atoms with van der Waals surface area (Å²) in [6.45, 7) is 3.57. The molecule has 4 aromatic rings. The van der Waals surface area contributed by atoms with Crippen LogP contribution in [-0.4, -0.2) is 60.2 Å². The first-order valence-electron chi connectivity index (χ1n) is 10.1. The Morgan fingerprint density at radius 1 is 1.00 bits per heavy atom. The maximum absolute atomic E-state index is 11.5. The summed E-state index contributed by atoms with van der Waals surface area (Å²) in [5.74, 6) is 3.14. The zero-order chi connectivity index (χ0) is 20.3. The topological polar surface area (TPSA) is 76.0 Å². The summed E-state index contributed by atoms with van der Waals surface area (Å²) in [5, 5.41) is 12.7. The molecule has 0 atom stereocenters. The van der Waals surface area contributed by atoms with E-state index in [1.54, 1.807) is 6.20 Å². The molecule has 2 aromatic heterocycles. The van der Waals surface area contributed by atoms with Crippen molar-refractivity contribution in [2.45, 2.75) is 6.54 Å². The van der Waals surface area contributed by atoms with Crippen molar-refractivity contribution in [2.24, 2.45) is 0 Å². The molecule has 154 valence electrons. The van der Waals surface area contributed by atoms with Crippen LogP contribution in [0.15, 0.2) is 60.9 Å². The summed E-state index contributed by atoms with van der Waals surface area (Å²) >= 11 is 0. The third-order valence-corrected chi connectivity index (χ3v) is 6.62. The molecule has 8 heteroatoms. The van der Waals surface area contributed by atoms with Crippen LogP contribution in [-0.2, 0) is 17.3 Å². The Morgan fingerprint density at radius 3 is 2.57 bits per heavy atom. The molecule has 1 N–H and O–H groups in total. The normalized spacial score (nSPS) is 15.6. The largest absolute Gasteiger partial charge is 0.457 e. The lowest BCUT2D eigenvalue weighted by molar-refractivity contribution is 0.282. The molecule has 1 saturated heterocycles. The predicted octanol–water partition coefficient (Wildman–Crippen LogP) is 3.28. The Labute approximate surface area is 177 Å². The zero-order valence-electron chi connectivity index (χ0n) is 16.5. The molecule has 1 aliphatic heterocycles. The van der Waals surface area contributed by atoms with Gasteiger partial charge in [0.2, 0.25) is 0 Å². The minimum atomic E-state index is -0.633. The summed E-state index contributed by atoms with van der Waals surface area (Å²) in [6.07, 6.45) is 3.80. The second kappa shape index (κ2) is 8.41. The predicted molar refractivity (Wildman–Crippen MR) is 118 cm³/mol. The molecule has 5 rings (SSSR count). The maximum Gasteiger partial charge on any atom is 0.128 e. The molecule has 0 amide bonds. The molecule has 1 fully saturated rings. The van der Waals surface area contributed by atoms with E-state index in [0.717, 1.165) is 71.3 Å². The van der Waals surface area contributed by atoms with Gasteiger partial charge in [0, 0.05) is 59.7 Å². The van der Waals surface area contributed by atoms with Crippen molar-refractivity contribution in [2.75, 3.05) is 31.1 Å². The van der Waals surface area contributed by atoms with Crippen molar-refractivity contribution in [3.63, 3.8) is 0 Å². The van der Waals surface area contributed by atoms with Crippen LogP contribution in [0.1, 0.15) is 0 Å². The molecule has 0 saturated carbocycles. The number of hydrogen-bond acceptors (Lipinski definition) is 5. The van der Waals surface area contributed by atoms with Gasteiger partial charge in [0.1, 0.15) is 11.5 Å². The number of nitrogens with zero attached hydrogens (tertiary/aromatic N) is 4. The van der Waals surface area contributed by atoms with Gasteiger partial charge >= 0.3 is 0 Å². The number of ether oxygens (including phenoxy) is 1. The van der Waals surface area contributed by atoms with Crippen molar-refractivity contribution in [1.29, 1.82) is 0 Å². The number of rotatable bonds is 6. The van der Waals surface area contributed by atoms with Gasteiger partial charge in [-0.15, -0.1) is 0 Å². The van der Waals surface area contributed by atoms with Crippen molar-refractivity contribution in [1.82, 2.24) is 24.9 Å². The Bertz CT molecular complexity index is 1140. The highest BCUT2D eigenvalue weighted by atomic mass is 32.2. The van der Waals surface area contributed by atoms with Gasteiger partial charge < -0.3 is 4.74 Å². The molecular weight excluding hydrogens is 398 g/mol. The lowest BCUT2D eigenvalue weighted by Crippen LogP contribution is -2.39. The second-order valence-corrected chi connectivity index (χ2v) is 9.10. The molecule has 2 aromatic carbocycles. The van der Waals surface area contributed by atoms with Gasteiger partial charge in [-0.1, -0.05) is 0 Å². The maximum atomic E-state index is 11.5. The SMILES string of the molecule is O=S1CCN(CCn2cc3cc(Oc4ccc(-c5ccn[nH]5)cc4)ccc3n2)CC1. The van der Waals surface area contributed by atoms with Gasteiger partial charge in [-0.05, 0) is 54.1 Å². The second-order valence-electron chi connectivity index (χ2n) is 7.40. The molecule has 7 nitrogen and oxygen atoms in total. The average Bonchev–Trinajstić information content (AvgIpc) is 3.43. The molecule has 0 bridgehead atoms. The monoisotopic (exact) mass is 421 g/mol. The van der Waals surface area contributed by atoms with E-state index in [9.17, 15) is 4.21 Å². The highest BCUT2D eigenvalue weighted by Crippen LogP contribution is 2.27. The van der Waals surface area contributed by atoms with E-state index in [-0.39, 0.29) is 0 Å². The Hall–Kier alpha value is -2.97. The summed E-state index contributed by atoms with van der Waals surface area (Å²) in [7, 11) is -0.633. The van der Waals surface area contributed by atoms with Crippen LogP contribution in [0.4, 0.5) is 0 Å². The highest BCUT2D eigenvalue weighted by Gasteiger charge is 2.15. The van der Waals surface area contributed by atoms with Gasteiger partial charge in [-0.2, -0.15) is 10.2 Å². The van der Waals surface area contributed by atoms with Crippen molar-refractivity contribution >= 4 is 21.7 Å². The minimum Gasteiger partial charge on any atom is -0.457 e. The van der Waals surface area contributed by atoms with Gasteiger partial charge in [0.25, 0.3) is 0 Å². The molecule has 0 aliphatic carbocycles. The molecular formula is C22H23N5O2S. The fourth-order valence-electron chi connectivity index (χ4n) is 3.63. The van der Waals surface area contributed by atoms with Crippen molar-refractivity contribution in [3.8, 4) is 22.8 Å². The zero-order valence-corrected chi connectivity index (χ0v) is 17.3. The van der Waals surface area contributed by atoms with E-state index in [0.29, 0.717) is 0 Å². The number of fused-ring (bicyclic) bond motifs is 1. The number of benzene rings is 2. The molecule has 0 radical (unpaired) electrons. The van der Waals surface area contributed by atoms with Crippen LogP contribution < -0.4 is 4.74 Å². The smallest absolute Gasteiger partial charge is 0.128 e. The Balaban J connectivity index is 1.24. The summed E-state index contributed by atoms with van der Waals surface area (Å²) in [5.41, 5.74) is 3.00. The van der Waals surface area contributed by atoms with Gasteiger partial charge in [0.15, 0.2) is 0 Å². The lowest BCUT2D eigenvalue weighted by Gasteiger charge is -2.25. The number of aromatic nitrogens is 4. The number of aromatic amines is 1. The van der Waals surface area contributed by atoms with Gasteiger partial charge in [-0.3, -0.25) is 18.9 Å². The average molecular weight is 422 g/mol. The standard InChI is InChI=1S/C22H23N5O2S/c28-30-13-11-26(12-14-30)9-10-27-16-18-15-20(5-6-22(18)25-27)29-19-3-1-17(2-4-19)21-7-8-23-24-21/h1-8,15-16H,9-14H2,(H,23,24). The Kier molecular flexibility index (Phi) is 5.33. The van der Waals surface area contributed by atoms with Crippen LogP contribution in [0, 0.1) is 0 Å². The molecule has 0 unspecified atom stereocenters. The summed E-state index contributed by atoms with van der Waals surface area (Å²) in [4.78, 5) is 2.36. The quantitative estimate of drug-likeness (QED) is 0.517. The number of nitrogens with one attached hydrogen (secondary N) is 1. The Morgan fingerprint density at radius 2 is 1.80 bits per heavy atom. The highest BCUT2D eigenvalue weighted by molar-refractivity contribution is 7.85. The fraction of sp³-hybridized carbons (Fsp3) is 0.273. The molecule has 0 spiro atoms. The van der Waals surface area contributed by atoms with Crippen LogP contribution in [0.3, 0.4) is 0 Å². The molecule has 1 aliphatic rings. The van der Waals surface area contributed by atoms with Gasteiger partial charge in [-0.25, -0.2) is 0 Å². The van der Waals surface area contributed by atoms with E-state index in [1.807, 2.05) is 53.2 Å². The molecule has 3 heterocycles. The first-order valence-corrected chi connectivity index (χ1v) is 11.5. The summed E-state index contributed by atoms with van der Waals surface area (Å²) < 4.78 is 19.5. The first-order chi connectivity index (χ1) is 14.7. The first kappa shape index (κ1) is 19.0. The number of hydrogen-bond donors (Lipinski definition) is 1. The van der Waals surface area contributed by atoms with Gasteiger partial charge in [0.05, 0.1) is 17.8 Å². The third-order valence-electron chi connectivity index (χ3n) is 5.34. The fourth-order valence-corrected chi connectivity index (χ4v) is 4.76. The van der Waals surface area contributed by atoms with Crippen LogP contribution >= 0.6 is 0 Å². The van der Waals surface area contributed by atoms with Crippen LogP contribution in [0.2, 0.25) is 0 Å².